The van der Waals surface area contributed by atoms with Crippen molar-refractivity contribution in [2.24, 2.45) is 5.73 Å². The van der Waals surface area contributed by atoms with Gasteiger partial charge >= 0.3 is 0 Å². The number of nitrogens with zero attached hydrogens (tertiary/aromatic N) is 2. The monoisotopic (exact) mass is 454 g/mol. The van der Waals surface area contributed by atoms with E-state index >= 15 is 0 Å². The summed E-state index contributed by atoms with van der Waals surface area (Å²) in [6.07, 6.45) is 4.21. The van der Waals surface area contributed by atoms with E-state index in [9.17, 15) is 14.4 Å². The first kappa shape index (κ1) is 24.0. The van der Waals surface area contributed by atoms with Gasteiger partial charge in [0.15, 0.2) is 11.5 Å². The topological polar surface area (TPSA) is 124 Å². The molecule has 2 amide bonds. The molecule has 0 bridgehead atoms. The molecule has 1 atom stereocenters. The molecule has 9 heteroatoms. The molecule has 1 aromatic heterocycles. The molecular weight excluding hydrogens is 424 g/mol. The maximum atomic E-state index is 13.1. The molecule has 33 heavy (non-hydrogen) atoms. The quantitative estimate of drug-likeness (QED) is 0.526. The van der Waals surface area contributed by atoms with Gasteiger partial charge < -0.3 is 25.4 Å². The number of pyridine rings is 1. The Morgan fingerprint density at radius 3 is 2.52 bits per heavy atom. The highest BCUT2D eigenvalue weighted by molar-refractivity contribution is 6.38. The van der Waals surface area contributed by atoms with Crippen LogP contribution in [0.1, 0.15) is 47.7 Å². The van der Waals surface area contributed by atoms with Crippen LogP contribution in [0.4, 0.5) is 5.82 Å². The van der Waals surface area contributed by atoms with Crippen LogP contribution in [0.2, 0.25) is 0 Å². The lowest BCUT2D eigenvalue weighted by Crippen LogP contribution is -2.46. The summed E-state index contributed by atoms with van der Waals surface area (Å²) in [7, 11) is 3.20. The third-order valence-corrected chi connectivity index (χ3v) is 5.76. The van der Waals surface area contributed by atoms with Gasteiger partial charge in [-0.15, -0.1) is 0 Å². The number of Topliss-reactive ketones (excluding diaryl/α,β-unsaturated/α-hetero) is 1. The minimum atomic E-state index is -1.06. The van der Waals surface area contributed by atoms with Gasteiger partial charge in [0, 0.05) is 19.3 Å². The van der Waals surface area contributed by atoms with Gasteiger partial charge in [0.1, 0.15) is 5.82 Å². The Bertz CT molecular complexity index is 1040. The minimum absolute atomic E-state index is 0.334. The van der Waals surface area contributed by atoms with E-state index in [0.717, 1.165) is 24.0 Å². The Labute approximate surface area is 193 Å². The summed E-state index contributed by atoms with van der Waals surface area (Å²) in [6.45, 7) is 3.15. The molecule has 0 saturated carbocycles. The minimum Gasteiger partial charge on any atom is -0.493 e. The molecule has 2 heterocycles. The van der Waals surface area contributed by atoms with E-state index in [0.29, 0.717) is 48.8 Å². The molecule has 1 aliphatic rings. The normalized spacial score (nSPS) is 13.6. The molecule has 1 aliphatic heterocycles. The lowest BCUT2D eigenvalue weighted by atomic mass is 9.98. The number of rotatable bonds is 10. The summed E-state index contributed by atoms with van der Waals surface area (Å²) in [5.74, 6) is -0.487. The molecule has 0 aliphatic carbocycles. The number of ether oxygens (including phenoxy) is 2. The summed E-state index contributed by atoms with van der Waals surface area (Å²) in [4.78, 5) is 43.2. The number of nitrogens with one attached hydrogen (secondary N) is 1. The number of ketones is 1. The molecule has 0 spiro atoms. The number of hydrogen-bond acceptors (Lipinski definition) is 7. The fourth-order valence-electron chi connectivity index (χ4n) is 3.97. The number of hydrogen-bond donors (Lipinski definition) is 2. The van der Waals surface area contributed by atoms with Crippen LogP contribution in [-0.4, -0.2) is 49.4 Å². The van der Waals surface area contributed by atoms with Crippen LogP contribution < -0.4 is 25.4 Å². The van der Waals surface area contributed by atoms with Crippen molar-refractivity contribution in [3.05, 3.63) is 47.2 Å². The van der Waals surface area contributed by atoms with Gasteiger partial charge in [0.05, 0.1) is 25.8 Å². The van der Waals surface area contributed by atoms with Crippen molar-refractivity contribution < 1.29 is 23.9 Å². The Kier molecular flexibility index (Phi) is 7.87. The number of anilines is 1. The van der Waals surface area contributed by atoms with E-state index < -0.39 is 23.6 Å². The second-order valence-corrected chi connectivity index (χ2v) is 7.92. The van der Waals surface area contributed by atoms with E-state index in [4.69, 9.17) is 15.2 Å². The Morgan fingerprint density at radius 1 is 1.18 bits per heavy atom. The zero-order chi connectivity index (χ0) is 24.0. The smallest absolute Gasteiger partial charge is 0.287 e. The molecule has 9 nitrogen and oxygen atoms in total. The van der Waals surface area contributed by atoms with Crippen molar-refractivity contribution in [1.82, 2.24) is 10.3 Å². The number of carbonyl (C=O) groups excluding carboxylic acids is 3. The molecule has 0 saturated heterocycles. The number of unbranched alkanes of at least 4 members (excludes halogenated alkanes) is 1. The fraction of sp³-hybridized carbons (Fsp3) is 0.417. The number of benzene rings is 1. The number of carbonyl (C=O) groups is 3. The second-order valence-electron chi connectivity index (χ2n) is 7.92. The zero-order valence-corrected chi connectivity index (χ0v) is 19.2. The highest BCUT2D eigenvalue weighted by Gasteiger charge is 2.28. The molecule has 2 aromatic rings. The van der Waals surface area contributed by atoms with E-state index in [1.807, 2.05) is 24.0 Å². The maximum absolute atomic E-state index is 13.1. The van der Waals surface area contributed by atoms with Crippen molar-refractivity contribution in [1.29, 1.82) is 0 Å². The van der Waals surface area contributed by atoms with Gasteiger partial charge in [-0.05, 0) is 48.2 Å². The average molecular weight is 455 g/mol. The Morgan fingerprint density at radius 2 is 1.88 bits per heavy atom. The van der Waals surface area contributed by atoms with E-state index in [1.165, 1.54) is 0 Å². The van der Waals surface area contributed by atoms with Crippen LogP contribution in [0, 0.1) is 0 Å². The molecule has 3 rings (SSSR count). The number of fused-ring (bicyclic) bond motifs is 1. The number of nitrogens with two attached hydrogens (primary N) is 1. The van der Waals surface area contributed by atoms with Gasteiger partial charge in [0.25, 0.3) is 11.8 Å². The predicted molar refractivity (Wildman–Crippen MR) is 124 cm³/mol. The fourth-order valence-corrected chi connectivity index (χ4v) is 3.97. The van der Waals surface area contributed by atoms with Crippen molar-refractivity contribution >= 4 is 23.4 Å². The Hall–Kier alpha value is -3.62. The lowest BCUT2D eigenvalue weighted by molar-refractivity contribution is -0.137. The number of amides is 2. The first-order valence-corrected chi connectivity index (χ1v) is 11.0. The van der Waals surface area contributed by atoms with Crippen LogP contribution in [0.25, 0.3) is 0 Å². The predicted octanol–water partition coefficient (Wildman–Crippen LogP) is 2.00. The number of aromatic nitrogens is 1. The summed E-state index contributed by atoms with van der Waals surface area (Å²) in [6, 6.07) is 6.29. The van der Waals surface area contributed by atoms with E-state index in [1.54, 1.807) is 32.5 Å². The van der Waals surface area contributed by atoms with E-state index in [2.05, 4.69) is 10.3 Å². The average Bonchev–Trinajstić information content (AvgIpc) is 2.84. The molecule has 0 fully saturated rings. The molecule has 176 valence electrons. The second kappa shape index (κ2) is 10.8. The van der Waals surface area contributed by atoms with Crippen LogP contribution >= 0.6 is 0 Å². The van der Waals surface area contributed by atoms with Crippen molar-refractivity contribution in [2.45, 2.75) is 45.2 Å². The van der Waals surface area contributed by atoms with Gasteiger partial charge in [-0.3, -0.25) is 14.4 Å². The standard InChI is InChI=1S/C24H30N4O5/c1-4-5-8-18(21(29)22(25)30)27-24(31)17-7-6-10-26-23(17)28-11-9-15-12-19(32-2)20(33-3)13-16(15)14-28/h6-7,10,12-13,18H,4-5,8-9,11,14H2,1-3H3,(H2,25,30)(H,27,31). The third kappa shape index (κ3) is 5.42. The van der Waals surface area contributed by atoms with E-state index in [-0.39, 0.29) is 0 Å². The first-order valence-electron chi connectivity index (χ1n) is 11.0. The molecule has 1 aromatic carbocycles. The van der Waals surface area contributed by atoms with Crippen molar-refractivity contribution in [3.8, 4) is 11.5 Å². The maximum Gasteiger partial charge on any atom is 0.287 e. The number of methoxy groups -OCH3 is 2. The molecule has 1 unspecified atom stereocenters. The summed E-state index contributed by atoms with van der Waals surface area (Å²) in [5, 5.41) is 2.69. The van der Waals surface area contributed by atoms with Crippen LogP contribution in [0.5, 0.6) is 11.5 Å². The number of primary amides is 1. The van der Waals surface area contributed by atoms with Gasteiger partial charge in [-0.1, -0.05) is 19.8 Å². The lowest BCUT2D eigenvalue weighted by Gasteiger charge is -2.31. The van der Waals surface area contributed by atoms with Gasteiger partial charge in [-0.2, -0.15) is 0 Å². The highest BCUT2D eigenvalue weighted by Crippen LogP contribution is 2.34. The third-order valence-electron chi connectivity index (χ3n) is 5.76. The van der Waals surface area contributed by atoms with Crippen LogP contribution in [0.15, 0.2) is 30.5 Å². The zero-order valence-electron chi connectivity index (χ0n) is 19.2. The molecule has 0 radical (unpaired) electrons. The van der Waals surface area contributed by atoms with Gasteiger partial charge in [0.2, 0.25) is 5.78 Å². The van der Waals surface area contributed by atoms with Crippen LogP contribution in [-0.2, 0) is 22.6 Å². The van der Waals surface area contributed by atoms with Crippen molar-refractivity contribution in [3.63, 3.8) is 0 Å². The van der Waals surface area contributed by atoms with Crippen molar-refractivity contribution in [2.75, 3.05) is 25.7 Å². The Balaban J connectivity index is 1.85. The first-order chi connectivity index (χ1) is 15.9. The molecular formula is C24H30N4O5. The summed E-state index contributed by atoms with van der Waals surface area (Å²) in [5.41, 5.74) is 7.72. The summed E-state index contributed by atoms with van der Waals surface area (Å²) >= 11 is 0. The molecule has 3 N–H and O–H groups in total. The summed E-state index contributed by atoms with van der Waals surface area (Å²) < 4.78 is 10.8. The largest absolute Gasteiger partial charge is 0.493 e. The van der Waals surface area contributed by atoms with Crippen LogP contribution in [0.3, 0.4) is 0 Å². The SMILES string of the molecule is CCCCC(NC(=O)c1cccnc1N1CCc2cc(OC)c(OC)cc2C1)C(=O)C(N)=O. The van der Waals surface area contributed by atoms with Gasteiger partial charge in [-0.25, -0.2) is 4.98 Å². The highest BCUT2D eigenvalue weighted by atomic mass is 16.5.